The number of para-hydroxylation sites is 2. The van der Waals surface area contributed by atoms with Gasteiger partial charge in [0.2, 0.25) is 11.9 Å². The van der Waals surface area contributed by atoms with Crippen LogP contribution >= 0.6 is 11.6 Å². The summed E-state index contributed by atoms with van der Waals surface area (Å²) in [6.07, 6.45) is 0. The van der Waals surface area contributed by atoms with Crippen molar-refractivity contribution < 1.29 is 4.79 Å². The molecule has 0 spiro atoms. The second-order valence-corrected chi connectivity index (χ2v) is 5.83. The number of imidazole rings is 1. The number of nitriles is 1. The van der Waals surface area contributed by atoms with Crippen LogP contribution in [0.15, 0.2) is 48.5 Å². The van der Waals surface area contributed by atoms with Crippen molar-refractivity contribution in [2.24, 2.45) is 5.92 Å². The summed E-state index contributed by atoms with van der Waals surface area (Å²) in [4.78, 5) is 16.8. The monoisotopic (exact) mass is 322 g/mol. The predicted molar refractivity (Wildman–Crippen MR) is 87.1 cm³/mol. The van der Waals surface area contributed by atoms with Crippen molar-refractivity contribution in [3.63, 3.8) is 0 Å². The fourth-order valence-corrected chi connectivity index (χ4v) is 3.25. The Bertz CT molecular complexity index is 972. The third kappa shape index (κ3) is 2.07. The minimum Gasteiger partial charge on any atom is -0.300 e. The zero-order chi connectivity index (χ0) is 16.0. The number of nitrogens with zero attached hydrogens (tertiary/aromatic N) is 3. The number of carbonyl (C=O) groups is 1. The first kappa shape index (κ1) is 13.8. The maximum atomic E-state index is 12.3. The van der Waals surface area contributed by atoms with E-state index in [0.29, 0.717) is 11.0 Å². The molecule has 0 aliphatic carbocycles. The van der Waals surface area contributed by atoms with Crippen molar-refractivity contribution in [1.29, 1.82) is 5.26 Å². The first-order valence-corrected chi connectivity index (χ1v) is 7.50. The number of hydrogen-bond acceptors (Lipinski definition) is 3. The van der Waals surface area contributed by atoms with Gasteiger partial charge in [-0.3, -0.25) is 10.1 Å². The second kappa shape index (κ2) is 5.11. The van der Waals surface area contributed by atoms with E-state index in [9.17, 15) is 10.1 Å². The quantitative estimate of drug-likeness (QED) is 0.746. The van der Waals surface area contributed by atoms with E-state index in [4.69, 9.17) is 11.6 Å². The zero-order valence-corrected chi connectivity index (χ0v) is 12.7. The largest absolute Gasteiger partial charge is 0.300 e. The zero-order valence-electron chi connectivity index (χ0n) is 11.9. The van der Waals surface area contributed by atoms with Gasteiger partial charge in [0.1, 0.15) is 0 Å². The van der Waals surface area contributed by atoms with E-state index in [1.54, 1.807) is 12.1 Å². The molecule has 1 aliphatic heterocycles. The van der Waals surface area contributed by atoms with E-state index in [1.165, 1.54) is 0 Å². The highest BCUT2D eigenvalue weighted by Crippen LogP contribution is 2.38. The fraction of sp³-hybridized carbons (Fsp3) is 0.118. The molecule has 2 aromatic carbocycles. The maximum Gasteiger partial charge on any atom is 0.246 e. The van der Waals surface area contributed by atoms with Crippen LogP contribution in [-0.2, 0) is 4.79 Å². The number of rotatable bonds is 1. The van der Waals surface area contributed by atoms with Crippen molar-refractivity contribution in [3.8, 4) is 6.07 Å². The topological polar surface area (TPSA) is 70.7 Å². The molecule has 6 heteroatoms. The van der Waals surface area contributed by atoms with Crippen molar-refractivity contribution in [2.45, 2.75) is 6.04 Å². The molecule has 0 radical (unpaired) electrons. The molecule has 0 fully saturated rings. The van der Waals surface area contributed by atoms with E-state index >= 15 is 0 Å². The molecule has 0 bridgehead atoms. The number of nitrogens with one attached hydrogen (secondary N) is 1. The molecule has 2 heterocycles. The van der Waals surface area contributed by atoms with E-state index in [1.807, 2.05) is 41.0 Å². The first-order chi connectivity index (χ1) is 11.2. The van der Waals surface area contributed by atoms with Gasteiger partial charge in [0.05, 0.1) is 23.1 Å². The molecule has 0 saturated carbocycles. The number of benzene rings is 2. The third-order valence-corrected chi connectivity index (χ3v) is 4.27. The van der Waals surface area contributed by atoms with Gasteiger partial charge >= 0.3 is 0 Å². The fourth-order valence-electron chi connectivity index (χ4n) is 3.06. The molecule has 2 atom stereocenters. The Kier molecular flexibility index (Phi) is 3.07. The summed E-state index contributed by atoms with van der Waals surface area (Å²) in [6, 6.07) is 16.5. The summed E-state index contributed by atoms with van der Waals surface area (Å²) in [5.74, 6) is -0.744. The third-order valence-electron chi connectivity index (χ3n) is 4.04. The van der Waals surface area contributed by atoms with Crippen LogP contribution in [0.4, 0.5) is 5.95 Å². The molecule has 0 saturated heterocycles. The molecule has 1 aliphatic rings. The second-order valence-electron chi connectivity index (χ2n) is 5.39. The van der Waals surface area contributed by atoms with Crippen LogP contribution in [0, 0.1) is 17.2 Å². The number of fused-ring (bicyclic) bond motifs is 3. The van der Waals surface area contributed by atoms with E-state index in [2.05, 4.69) is 16.4 Å². The normalized spacial score (nSPS) is 19.9. The van der Waals surface area contributed by atoms with Crippen LogP contribution in [0.2, 0.25) is 5.02 Å². The number of aromatic nitrogens is 2. The minimum absolute atomic E-state index is 0.347. The Labute approximate surface area is 137 Å². The summed E-state index contributed by atoms with van der Waals surface area (Å²) in [5, 5.41) is 12.8. The average molecular weight is 323 g/mol. The molecule has 5 nitrogen and oxygen atoms in total. The molecule has 3 aromatic rings. The van der Waals surface area contributed by atoms with E-state index in [0.717, 1.165) is 16.6 Å². The lowest BCUT2D eigenvalue weighted by Gasteiger charge is -2.30. The van der Waals surface area contributed by atoms with Crippen LogP contribution in [0.5, 0.6) is 0 Å². The highest BCUT2D eigenvalue weighted by atomic mass is 35.5. The van der Waals surface area contributed by atoms with Gasteiger partial charge in [0, 0.05) is 5.02 Å². The van der Waals surface area contributed by atoms with Crippen LogP contribution in [-0.4, -0.2) is 15.5 Å². The number of anilines is 1. The lowest BCUT2D eigenvalue weighted by atomic mass is 9.91. The minimum atomic E-state index is -0.849. The van der Waals surface area contributed by atoms with Crippen molar-refractivity contribution >= 4 is 34.5 Å². The smallest absolute Gasteiger partial charge is 0.246 e. The molecular weight excluding hydrogens is 312 g/mol. The molecule has 1 N–H and O–H groups in total. The Hall–Kier alpha value is -2.84. The molecule has 4 rings (SSSR count). The van der Waals surface area contributed by atoms with Crippen LogP contribution in [0.1, 0.15) is 11.6 Å². The summed E-state index contributed by atoms with van der Waals surface area (Å²) in [6.45, 7) is 0. The molecule has 1 amide bonds. The van der Waals surface area contributed by atoms with Gasteiger partial charge in [-0.1, -0.05) is 35.9 Å². The van der Waals surface area contributed by atoms with Gasteiger partial charge in [-0.2, -0.15) is 5.26 Å². The summed E-state index contributed by atoms with van der Waals surface area (Å²) < 4.78 is 1.90. The van der Waals surface area contributed by atoms with Crippen LogP contribution in [0.25, 0.3) is 11.0 Å². The predicted octanol–water partition coefficient (Wildman–Crippen LogP) is 3.37. The van der Waals surface area contributed by atoms with Crippen molar-refractivity contribution in [2.75, 3.05) is 5.32 Å². The van der Waals surface area contributed by atoms with E-state index in [-0.39, 0.29) is 5.91 Å². The Morgan fingerprint density at radius 3 is 2.83 bits per heavy atom. The summed E-state index contributed by atoms with van der Waals surface area (Å²) in [7, 11) is 0. The van der Waals surface area contributed by atoms with Crippen molar-refractivity contribution in [3.05, 3.63) is 59.1 Å². The highest BCUT2D eigenvalue weighted by Gasteiger charge is 2.38. The summed E-state index contributed by atoms with van der Waals surface area (Å²) >= 11 is 6.10. The van der Waals surface area contributed by atoms with Crippen molar-refractivity contribution in [1.82, 2.24) is 9.55 Å². The van der Waals surface area contributed by atoms with Gasteiger partial charge in [0.15, 0.2) is 5.92 Å². The lowest BCUT2D eigenvalue weighted by Crippen LogP contribution is -2.37. The van der Waals surface area contributed by atoms with Gasteiger partial charge < -0.3 is 4.57 Å². The Morgan fingerprint density at radius 2 is 2.04 bits per heavy atom. The number of amides is 1. The first-order valence-electron chi connectivity index (χ1n) is 7.12. The SMILES string of the molecule is N#CC1C(=O)Nc2nc3ccccc3n2C1c1cccc(Cl)c1. The molecular formula is C17H11ClN4O. The van der Waals surface area contributed by atoms with E-state index < -0.39 is 12.0 Å². The van der Waals surface area contributed by atoms with Gasteiger partial charge in [-0.25, -0.2) is 4.98 Å². The standard InChI is InChI=1S/C17H11ClN4O/c18-11-5-3-4-10(8-11)15-12(9-19)16(23)21-17-20-13-6-1-2-7-14(13)22(15)17/h1-8,12,15H,(H,20,21,23). The Balaban J connectivity index is 2.02. The number of hydrogen-bond donors (Lipinski definition) is 1. The highest BCUT2D eigenvalue weighted by molar-refractivity contribution is 6.30. The molecule has 2 unspecified atom stereocenters. The molecule has 23 heavy (non-hydrogen) atoms. The average Bonchev–Trinajstić information content (AvgIpc) is 2.91. The lowest BCUT2D eigenvalue weighted by molar-refractivity contribution is -0.119. The van der Waals surface area contributed by atoms with Gasteiger partial charge in [0.25, 0.3) is 0 Å². The van der Waals surface area contributed by atoms with Gasteiger partial charge in [-0.05, 0) is 29.8 Å². The molecule has 112 valence electrons. The summed E-state index contributed by atoms with van der Waals surface area (Å²) in [5.41, 5.74) is 2.45. The molecule has 1 aromatic heterocycles. The number of carbonyl (C=O) groups excluding carboxylic acids is 1. The maximum absolute atomic E-state index is 12.3. The number of halogens is 1. The van der Waals surface area contributed by atoms with Crippen LogP contribution < -0.4 is 5.32 Å². The van der Waals surface area contributed by atoms with Gasteiger partial charge in [-0.15, -0.1) is 0 Å². The Morgan fingerprint density at radius 1 is 1.22 bits per heavy atom. The van der Waals surface area contributed by atoms with Crippen LogP contribution in [0.3, 0.4) is 0 Å².